The Bertz CT molecular complexity index is 729. The van der Waals surface area contributed by atoms with Crippen molar-refractivity contribution in [1.82, 2.24) is 4.31 Å². The predicted octanol–water partition coefficient (Wildman–Crippen LogP) is 0.691. The predicted molar refractivity (Wildman–Crippen MR) is 83.3 cm³/mol. The fraction of sp³-hybridized carbons (Fsp3) is 0.429. The van der Waals surface area contributed by atoms with Crippen LogP contribution in [0.2, 0.25) is 5.02 Å². The second-order valence-corrected chi connectivity index (χ2v) is 7.16. The highest BCUT2D eigenvalue weighted by Crippen LogP contribution is 2.24. The van der Waals surface area contributed by atoms with Crippen molar-refractivity contribution in [1.29, 1.82) is 0 Å². The van der Waals surface area contributed by atoms with E-state index in [-0.39, 0.29) is 28.6 Å². The van der Waals surface area contributed by atoms with Crippen molar-refractivity contribution >= 4 is 33.6 Å². The molecule has 1 aromatic carbocycles. The first-order valence-electron chi connectivity index (χ1n) is 6.97. The van der Waals surface area contributed by atoms with E-state index in [0.717, 1.165) is 13.2 Å². The van der Waals surface area contributed by atoms with Crippen molar-refractivity contribution < 1.29 is 32.2 Å². The van der Waals surface area contributed by atoms with E-state index in [1.165, 1.54) is 16.4 Å². The number of nitrogens with zero attached hydrogens (tertiary/aromatic N) is 1. The molecule has 0 N–H and O–H groups in total. The van der Waals surface area contributed by atoms with Crippen molar-refractivity contribution in [2.45, 2.75) is 4.90 Å². The van der Waals surface area contributed by atoms with Gasteiger partial charge in [0.1, 0.15) is 0 Å². The molecule has 1 aliphatic heterocycles. The highest BCUT2D eigenvalue weighted by Gasteiger charge is 2.28. The van der Waals surface area contributed by atoms with Crippen molar-refractivity contribution in [2.24, 2.45) is 0 Å². The monoisotopic (exact) mass is 377 g/mol. The van der Waals surface area contributed by atoms with E-state index in [4.69, 9.17) is 21.1 Å². The molecule has 1 saturated heterocycles. The summed E-state index contributed by atoms with van der Waals surface area (Å²) in [6.45, 7) is 0.480. The normalized spacial score (nSPS) is 15.8. The minimum atomic E-state index is -3.78. The quantitative estimate of drug-likeness (QED) is 0.696. The van der Waals surface area contributed by atoms with Crippen LogP contribution in [0.1, 0.15) is 10.4 Å². The third kappa shape index (κ3) is 4.23. The van der Waals surface area contributed by atoms with Gasteiger partial charge < -0.3 is 14.2 Å². The van der Waals surface area contributed by atoms with Gasteiger partial charge in [0.15, 0.2) is 6.61 Å². The summed E-state index contributed by atoms with van der Waals surface area (Å²) in [5.74, 6) is -1.65. The molecule has 0 bridgehead atoms. The molecule has 2 rings (SSSR count). The number of benzene rings is 1. The number of hydrogen-bond donors (Lipinski definition) is 0. The van der Waals surface area contributed by atoms with Gasteiger partial charge in [-0.2, -0.15) is 4.31 Å². The van der Waals surface area contributed by atoms with Gasteiger partial charge >= 0.3 is 11.9 Å². The average molecular weight is 378 g/mol. The van der Waals surface area contributed by atoms with Crippen molar-refractivity contribution in [3.8, 4) is 0 Å². The number of halogens is 1. The van der Waals surface area contributed by atoms with Crippen LogP contribution in [0.5, 0.6) is 0 Å². The van der Waals surface area contributed by atoms with E-state index in [0.29, 0.717) is 13.2 Å². The molecule has 0 atom stereocenters. The first-order valence-corrected chi connectivity index (χ1v) is 8.79. The Labute approximate surface area is 144 Å². The maximum atomic E-state index is 12.6. The van der Waals surface area contributed by atoms with Crippen LogP contribution < -0.4 is 0 Å². The van der Waals surface area contributed by atoms with Crippen LogP contribution in [0, 0.1) is 0 Å². The maximum Gasteiger partial charge on any atom is 0.344 e. The summed E-state index contributed by atoms with van der Waals surface area (Å²) in [4.78, 5) is 22.9. The molecule has 1 fully saturated rings. The lowest BCUT2D eigenvalue weighted by Gasteiger charge is -2.26. The zero-order valence-corrected chi connectivity index (χ0v) is 14.4. The molecular formula is C14H16ClNO7S. The molecule has 8 nitrogen and oxygen atoms in total. The molecule has 132 valence electrons. The van der Waals surface area contributed by atoms with E-state index in [1.807, 2.05) is 0 Å². The average Bonchev–Trinajstić information content (AvgIpc) is 2.60. The van der Waals surface area contributed by atoms with Crippen LogP contribution in [0.15, 0.2) is 23.1 Å². The molecule has 0 unspecified atom stereocenters. The number of sulfonamides is 1. The summed E-state index contributed by atoms with van der Waals surface area (Å²) in [6, 6.07) is 3.74. The number of carbonyl (C=O) groups excluding carboxylic acids is 2. The van der Waals surface area contributed by atoms with Gasteiger partial charge in [-0.1, -0.05) is 11.6 Å². The summed E-state index contributed by atoms with van der Waals surface area (Å²) < 4.78 is 40.7. The highest BCUT2D eigenvalue weighted by atomic mass is 35.5. The van der Waals surface area contributed by atoms with E-state index >= 15 is 0 Å². The Balaban J connectivity index is 2.24. The minimum Gasteiger partial charge on any atom is -0.466 e. The Kier molecular flexibility index (Phi) is 6.16. The van der Waals surface area contributed by atoms with Gasteiger partial charge in [0, 0.05) is 13.1 Å². The largest absolute Gasteiger partial charge is 0.466 e. The zero-order chi connectivity index (χ0) is 17.7. The second-order valence-electron chi connectivity index (χ2n) is 4.81. The lowest BCUT2D eigenvalue weighted by molar-refractivity contribution is -0.144. The fourth-order valence-electron chi connectivity index (χ4n) is 2.02. The molecule has 0 spiro atoms. The molecule has 0 amide bonds. The van der Waals surface area contributed by atoms with Gasteiger partial charge in [-0.15, -0.1) is 0 Å². The summed E-state index contributed by atoms with van der Waals surface area (Å²) in [7, 11) is -2.62. The summed E-state index contributed by atoms with van der Waals surface area (Å²) in [5.41, 5.74) is -0.144. The lowest BCUT2D eigenvalue weighted by atomic mass is 10.2. The standard InChI is InChI=1S/C14H16ClNO7S/c1-21-13(17)9-23-14(18)11-8-10(2-3-12(11)15)24(19,20)16-4-6-22-7-5-16/h2-3,8H,4-7,9H2,1H3. The number of hydrogen-bond acceptors (Lipinski definition) is 7. The van der Waals surface area contributed by atoms with E-state index < -0.39 is 28.6 Å². The van der Waals surface area contributed by atoms with Crippen molar-refractivity contribution in [3.63, 3.8) is 0 Å². The summed E-state index contributed by atoms with van der Waals surface area (Å²) in [5, 5.41) is 0.0193. The molecule has 0 saturated carbocycles. The van der Waals surface area contributed by atoms with Crippen molar-refractivity contribution in [2.75, 3.05) is 40.0 Å². The number of esters is 2. The molecule has 1 aromatic rings. The summed E-state index contributed by atoms with van der Waals surface area (Å²) in [6.07, 6.45) is 0. The number of methoxy groups -OCH3 is 1. The van der Waals surface area contributed by atoms with E-state index in [2.05, 4.69) is 4.74 Å². The van der Waals surface area contributed by atoms with Gasteiger partial charge in [0.25, 0.3) is 0 Å². The third-order valence-corrected chi connectivity index (χ3v) is 5.54. The number of rotatable bonds is 5. The fourth-order valence-corrected chi connectivity index (χ4v) is 3.65. The molecule has 1 aliphatic rings. The molecule has 1 heterocycles. The first kappa shape index (κ1) is 18.7. The molecular weight excluding hydrogens is 362 g/mol. The number of morpholine rings is 1. The second kappa shape index (κ2) is 7.93. The van der Waals surface area contributed by atoms with Gasteiger partial charge in [0.05, 0.1) is 35.8 Å². The van der Waals surface area contributed by atoms with Gasteiger partial charge in [0.2, 0.25) is 10.0 Å². The smallest absolute Gasteiger partial charge is 0.344 e. The van der Waals surface area contributed by atoms with Crippen LogP contribution in [0.4, 0.5) is 0 Å². The maximum absolute atomic E-state index is 12.6. The molecule has 0 radical (unpaired) electrons. The molecule has 10 heteroatoms. The number of ether oxygens (including phenoxy) is 3. The highest BCUT2D eigenvalue weighted by molar-refractivity contribution is 7.89. The van der Waals surface area contributed by atoms with Crippen LogP contribution in [-0.4, -0.2) is 64.7 Å². The Morgan fingerprint density at radius 2 is 1.96 bits per heavy atom. The Morgan fingerprint density at radius 3 is 2.58 bits per heavy atom. The lowest BCUT2D eigenvalue weighted by Crippen LogP contribution is -2.40. The van der Waals surface area contributed by atoms with Crippen LogP contribution in [0.25, 0.3) is 0 Å². The van der Waals surface area contributed by atoms with Gasteiger partial charge in [-0.3, -0.25) is 0 Å². The molecule has 0 aliphatic carbocycles. The topological polar surface area (TPSA) is 99.2 Å². The zero-order valence-electron chi connectivity index (χ0n) is 12.9. The van der Waals surface area contributed by atoms with Crippen molar-refractivity contribution in [3.05, 3.63) is 28.8 Å². The molecule has 0 aromatic heterocycles. The van der Waals surface area contributed by atoms with Gasteiger partial charge in [-0.05, 0) is 18.2 Å². The van der Waals surface area contributed by atoms with E-state index in [9.17, 15) is 18.0 Å². The van der Waals surface area contributed by atoms with E-state index in [1.54, 1.807) is 0 Å². The minimum absolute atomic E-state index is 0.0193. The number of carbonyl (C=O) groups is 2. The Hall–Kier alpha value is -1.68. The molecule has 24 heavy (non-hydrogen) atoms. The Morgan fingerprint density at radius 1 is 1.29 bits per heavy atom. The van der Waals surface area contributed by atoms with Crippen LogP contribution in [-0.2, 0) is 29.0 Å². The van der Waals surface area contributed by atoms with Crippen LogP contribution in [0.3, 0.4) is 0 Å². The van der Waals surface area contributed by atoms with Crippen LogP contribution >= 0.6 is 11.6 Å². The SMILES string of the molecule is COC(=O)COC(=O)c1cc(S(=O)(=O)N2CCOCC2)ccc1Cl. The summed E-state index contributed by atoms with van der Waals surface area (Å²) >= 11 is 5.93. The third-order valence-electron chi connectivity index (χ3n) is 3.31. The first-order chi connectivity index (χ1) is 11.4. The van der Waals surface area contributed by atoms with Gasteiger partial charge in [-0.25, -0.2) is 18.0 Å².